The second-order valence-corrected chi connectivity index (χ2v) is 10.1. The van der Waals surface area contributed by atoms with Crippen molar-refractivity contribution in [2.45, 2.75) is 59.0 Å². The van der Waals surface area contributed by atoms with E-state index in [0.717, 1.165) is 41.7 Å². The monoisotopic (exact) mass is 450 g/mol. The van der Waals surface area contributed by atoms with E-state index >= 15 is 0 Å². The van der Waals surface area contributed by atoms with Gasteiger partial charge in [-0.25, -0.2) is 4.98 Å². The molecule has 1 saturated carbocycles. The molecule has 32 heavy (non-hydrogen) atoms. The van der Waals surface area contributed by atoms with Gasteiger partial charge in [0.05, 0.1) is 17.6 Å². The van der Waals surface area contributed by atoms with Crippen molar-refractivity contribution >= 4 is 34.1 Å². The molecular formula is C26H34N4OS. The number of anilines is 1. The van der Waals surface area contributed by atoms with E-state index < -0.39 is 0 Å². The fourth-order valence-corrected chi connectivity index (χ4v) is 4.26. The van der Waals surface area contributed by atoms with E-state index in [2.05, 4.69) is 61.0 Å². The van der Waals surface area contributed by atoms with Crippen molar-refractivity contribution in [1.29, 1.82) is 0 Å². The molecule has 0 unspecified atom stereocenters. The number of fused-ring (bicyclic) bond motifs is 1. The summed E-state index contributed by atoms with van der Waals surface area (Å²) in [6.07, 6.45) is 3.44. The minimum absolute atomic E-state index is 0.0772. The highest BCUT2D eigenvalue weighted by atomic mass is 32.1. The normalized spacial score (nSPS) is 13.9. The summed E-state index contributed by atoms with van der Waals surface area (Å²) in [5, 5.41) is 4.10. The Bertz CT molecular complexity index is 1090. The van der Waals surface area contributed by atoms with Crippen LogP contribution in [-0.2, 0) is 13.0 Å². The first-order valence-corrected chi connectivity index (χ1v) is 11.9. The Hall–Kier alpha value is -2.60. The summed E-state index contributed by atoms with van der Waals surface area (Å²) in [6.45, 7) is 10.1. The lowest BCUT2D eigenvalue weighted by Crippen LogP contribution is -2.47. The molecule has 1 aromatic heterocycles. The highest BCUT2D eigenvalue weighted by molar-refractivity contribution is 7.80. The topological polar surface area (TPSA) is 42.3 Å². The average Bonchev–Trinajstić information content (AvgIpc) is 3.49. The molecule has 6 heteroatoms. The van der Waals surface area contributed by atoms with Crippen molar-refractivity contribution in [3.63, 3.8) is 0 Å². The zero-order valence-corrected chi connectivity index (χ0v) is 20.6. The van der Waals surface area contributed by atoms with Gasteiger partial charge >= 0.3 is 0 Å². The first-order chi connectivity index (χ1) is 15.2. The second-order valence-electron chi connectivity index (χ2n) is 9.75. The molecule has 170 valence electrons. The highest BCUT2D eigenvalue weighted by Gasteiger charge is 2.25. The van der Waals surface area contributed by atoms with Gasteiger partial charge in [0.2, 0.25) is 0 Å². The Balaban J connectivity index is 1.62. The van der Waals surface area contributed by atoms with E-state index in [1.807, 2.05) is 31.0 Å². The summed E-state index contributed by atoms with van der Waals surface area (Å²) in [7, 11) is 2.00. The van der Waals surface area contributed by atoms with Crippen LogP contribution in [0.25, 0.3) is 11.0 Å². The van der Waals surface area contributed by atoms with Gasteiger partial charge in [0.1, 0.15) is 11.6 Å². The van der Waals surface area contributed by atoms with Gasteiger partial charge in [-0.1, -0.05) is 12.1 Å². The van der Waals surface area contributed by atoms with Crippen LogP contribution in [0.3, 0.4) is 0 Å². The fraction of sp³-hybridized carbons (Fsp3) is 0.462. The molecule has 4 rings (SSSR count). The van der Waals surface area contributed by atoms with Gasteiger partial charge in [-0.15, -0.1) is 0 Å². The molecule has 0 radical (unpaired) electrons. The standard InChI is InChI=1S/C26H34N4OS/c1-6-31-21-12-9-18(10-13-21)15-24-27-22-16-20(29(5)25(32)28-26(2,3)4)11-14-23(22)30(24)17-19-7-8-19/h9-14,16,19H,6-8,15,17H2,1-5H3,(H,28,32). The van der Waals surface area contributed by atoms with Crippen LogP contribution < -0.4 is 15.0 Å². The van der Waals surface area contributed by atoms with Gasteiger partial charge < -0.3 is 19.5 Å². The van der Waals surface area contributed by atoms with E-state index in [1.54, 1.807) is 0 Å². The number of benzene rings is 2. The maximum Gasteiger partial charge on any atom is 0.173 e. The maximum absolute atomic E-state index is 5.62. The number of ether oxygens (including phenoxy) is 1. The van der Waals surface area contributed by atoms with E-state index in [9.17, 15) is 0 Å². The SMILES string of the molecule is CCOc1ccc(Cc2nc3cc(N(C)C(=S)NC(C)(C)C)ccc3n2CC2CC2)cc1. The molecule has 0 spiro atoms. The van der Waals surface area contributed by atoms with Gasteiger partial charge in [-0.3, -0.25) is 0 Å². The zero-order valence-electron chi connectivity index (χ0n) is 19.8. The third-order valence-corrected chi connectivity index (χ3v) is 6.09. The Kier molecular flexibility index (Phi) is 6.42. The molecule has 0 bridgehead atoms. The van der Waals surface area contributed by atoms with Crippen molar-refractivity contribution < 1.29 is 4.74 Å². The second kappa shape index (κ2) is 9.10. The van der Waals surface area contributed by atoms with E-state index in [4.69, 9.17) is 21.9 Å². The number of nitrogens with one attached hydrogen (secondary N) is 1. The lowest BCUT2D eigenvalue weighted by Gasteiger charge is -2.28. The minimum atomic E-state index is -0.0772. The fourth-order valence-electron chi connectivity index (χ4n) is 3.85. The number of imidazole rings is 1. The van der Waals surface area contributed by atoms with Crippen LogP contribution in [0.5, 0.6) is 5.75 Å². The summed E-state index contributed by atoms with van der Waals surface area (Å²) < 4.78 is 8.00. The van der Waals surface area contributed by atoms with E-state index in [-0.39, 0.29) is 5.54 Å². The van der Waals surface area contributed by atoms with Crippen LogP contribution in [0.15, 0.2) is 42.5 Å². The number of aromatic nitrogens is 2. The third kappa shape index (κ3) is 5.41. The first kappa shape index (κ1) is 22.6. The molecule has 3 aromatic rings. The molecular weight excluding hydrogens is 416 g/mol. The van der Waals surface area contributed by atoms with Crippen molar-refractivity contribution in [1.82, 2.24) is 14.9 Å². The molecule has 0 aliphatic heterocycles. The van der Waals surface area contributed by atoms with Crippen LogP contribution in [0.4, 0.5) is 5.69 Å². The maximum atomic E-state index is 5.62. The average molecular weight is 451 g/mol. The van der Waals surface area contributed by atoms with E-state index in [1.165, 1.54) is 23.9 Å². The molecule has 1 N–H and O–H groups in total. The van der Waals surface area contributed by atoms with Gasteiger partial charge in [0.25, 0.3) is 0 Å². The van der Waals surface area contributed by atoms with Gasteiger partial charge in [-0.05, 0) is 94.6 Å². The Morgan fingerprint density at radius 3 is 2.53 bits per heavy atom. The van der Waals surface area contributed by atoms with Crippen LogP contribution in [0, 0.1) is 5.92 Å². The third-order valence-electron chi connectivity index (χ3n) is 5.72. The number of rotatable bonds is 7. The zero-order chi connectivity index (χ0) is 22.9. The lowest BCUT2D eigenvalue weighted by molar-refractivity contribution is 0.340. The molecule has 1 heterocycles. The summed E-state index contributed by atoms with van der Waals surface area (Å²) >= 11 is 5.62. The van der Waals surface area contributed by atoms with Gasteiger partial charge in [-0.2, -0.15) is 0 Å². The van der Waals surface area contributed by atoms with Crippen LogP contribution in [0.2, 0.25) is 0 Å². The van der Waals surface area contributed by atoms with Crippen molar-refractivity contribution in [3.8, 4) is 5.75 Å². The molecule has 1 aliphatic rings. The molecule has 0 amide bonds. The number of thiocarbonyl (C=S) groups is 1. The molecule has 0 saturated heterocycles. The predicted octanol–water partition coefficient (Wildman–Crippen LogP) is 5.55. The van der Waals surface area contributed by atoms with E-state index in [0.29, 0.717) is 11.7 Å². The Morgan fingerprint density at radius 2 is 1.91 bits per heavy atom. The van der Waals surface area contributed by atoms with Gasteiger partial charge in [0.15, 0.2) is 5.11 Å². The predicted molar refractivity (Wildman–Crippen MR) is 137 cm³/mol. The Labute approximate surface area is 196 Å². The molecule has 1 aliphatic carbocycles. The quantitative estimate of drug-likeness (QED) is 0.478. The lowest BCUT2D eigenvalue weighted by atomic mass is 10.1. The number of hydrogen-bond donors (Lipinski definition) is 1. The minimum Gasteiger partial charge on any atom is -0.494 e. The molecule has 5 nitrogen and oxygen atoms in total. The van der Waals surface area contributed by atoms with Crippen LogP contribution in [0.1, 0.15) is 51.9 Å². The summed E-state index contributed by atoms with van der Waals surface area (Å²) in [5.41, 5.74) is 4.43. The molecule has 1 fully saturated rings. The Morgan fingerprint density at radius 1 is 1.19 bits per heavy atom. The van der Waals surface area contributed by atoms with Gasteiger partial charge in [0, 0.05) is 31.2 Å². The molecule has 2 aromatic carbocycles. The molecule has 0 atom stereocenters. The number of nitrogens with zero attached hydrogens (tertiary/aromatic N) is 3. The summed E-state index contributed by atoms with van der Waals surface area (Å²) in [4.78, 5) is 7.09. The van der Waals surface area contributed by atoms with Crippen molar-refractivity contribution in [2.75, 3.05) is 18.6 Å². The van der Waals surface area contributed by atoms with Crippen molar-refractivity contribution in [2.24, 2.45) is 5.92 Å². The smallest absolute Gasteiger partial charge is 0.173 e. The number of hydrogen-bond acceptors (Lipinski definition) is 3. The van der Waals surface area contributed by atoms with Crippen LogP contribution in [-0.4, -0.2) is 33.9 Å². The highest BCUT2D eigenvalue weighted by Crippen LogP contribution is 2.33. The largest absolute Gasteiger partial charge is 0.494 e. The first-order valence-electron chi connectivity index (χ1n) is 11.5. The summed E-state index contributed by atoms with van der Waals surface area (Å²) in [6, 6.07) is 14.9. The van der Waals surface area contributed by atoms with Crippen molar-refractivity contribution in [3.05, 3.63) is 53.9 Å². The van der Waals surface area contributed by atoms with Crippen LogP contribution >= 0.6 is 12.2 Å². The summed E-state index contributed by atoms with van der Waals surface area (Å²) in [5.74, 6) is 2.80.